The van der Waals surface area contributed by atoms with E-state index in [0.29, 0.717) is 22.9 Å². The van der Waals surface area contributed by atoms with E-state index < -0.39 is 30.5 Å². The number of hydrogen-bond acceptors (Lipinski definition) is 6. The molecule has 2 aromatic rings. The van der Waals surface area contributed by atoms with Crippen LogP contribution in [-0.2, 0) is 11.2 Å². The number of halogens is 1. The Morgan fingerprint density at radius 1 is 0.966 bits per heavy atom. The Morgan fingerprint density at radius 3 is 2.31 bits per heavy atom. The summed E-state index contributed by atoms with van der Waals surface area (Å²) in [5, 5.41) is 42.8. The highest BCUT2D eigenvalue weighted by molar-refractivity contribution is 6.31. The van der Waals surface area contributed by atoms with E-state index in [9.17, 15) is 15.3 Å². The molecular weight excluding hydrogens is 394 g/mol. The van der Waals surface area contributed by atoms with Crippen LogP contribution >= 0.6 is 11.6 Å². The van der Waals surface area contributed by atoms with Crippen LogP contribution in [0.2, 0.25) is 5.02 Å². The molecule has 1 saturated carbocycles. The summed E-state index contributed by atoms with van der Waals surface area (Å²) in [7, 11) is 0. The van der Waals surface area contributed by atoms with Gasteiger partial charge in [-0.25, -0.2) is 0 Å². The summed E-state index contributed by atoms with van der Waals surface area (Å²) >= 11 is 6.40. The van der Waals surface area contributed by atoms with Crippen LogP contribution in [0.4, 0.5) is 0 Å². The van der Waals surface area contributed by atoms with Crippen LogP contribution in [0.5, 0.6) is 0 Å². The number of benzene rings is 2. The van der Waals surface area contributed by atoms with Gasteiger partial charge in [0.05, 0.1) is 6.21 Å². The molecule has 2 aliphatic rings. The summed E-state index contributed by atoms with van der Waals surface area (Å²) in [6.07, 6.45) is -1.97. The minimum absolute atomic E-state index is 0.597. The van der Waals surface area contributed by atoms with Crippen molar-refractivity contribution in [2.75, 3.05) is 0 Å². The lowest BCUT2D eigenvalue weighted by atomic mass is 9.90. The molecule has 0 bridgehead atoms. The zero-order valence-corrected chi connectivity index (χ0v) is 16.5. The quantitative estimate of drug-likeness (QED) is 0.340. The van der Waals surface area contributed by atoms with Crippen molar-refractivity contribution in [3.05, 3.63) is 69.7 Å². The highest BCUT2D eigenvalue weighted by atomic mass is 35.5. The topological polar surface area (TPSA) is 103 Å². The van der Waals surface area contributed by atoms with Gasteiger partial charge in [0, 0.05) is 5.02 Å². The van der Waals surface area contributed by atoms with Crippen LogP contribution in [0.3, 0.4) is 0 Å². The molecule has 0 unspecified atom stereocenters. The SMILES string of the molecule is ON=C[C@H]1O[C@@H](c2ccc(Cl)c(Cc3ccc(C4CC4)cc3)c2)[C@H](O)[C@@H](O)[C@@H]1O. The van der Waals surface area contributed by atoms with Gasteiger partial charge in [-0.15, -0.1) is 0 Å². The normalized spacial score (nSPS) is 30.0. The lowest BCUT2D eigenvalue weighted by Gasteiger charge is -2.39. The third-order valence-electron chi connectivity index (χ3n) is 5.69. The maximum atomic E-state index is 10.4. The standard InChI is InChI=1S/C22H24ClNO5/c23-17-8-7-15(22-21(27)20(26)19(25)18(29-22)11-24-28)10-16(17)9-12-1-3-13(4-2-12)14-5-6-14/h1-4,7-8,10-11,14,18-22,25-28H,5-6,9H2/t18-,19-,20+,21-,22+/m1/s1. The summed E-state index contributed by atoms with van der Waals surface area (Å²) in [4.78, 5) is 0. The number of aliphatic hydroxyl groups is 3. The molecular formula is C22H24ClNO5. The van der Waals surface area contributed by atoms with Crippen LogP contribution in [0, 0.1) is 0 Å². The Hall–Kier alpha value is -1.96. The first kappa shape index (κ1) is 20.3. The van der Waals surface area contributed by atoms with Gasteiger partial charge < -0.3 is 25.3 Å². The Morgan fingerprint density at radius 2 is 1.66 bits per heavy atom. The molecule has 6 nitrogen and oxygen atoms in total. The second-order valence-corrected chi connectivity index (χ2v) is 8.21. The minimum Gasteiger partial charge on any atom is -0.411 e. The van der Waals surface area contributed by atoms with Crippen LogP contribution in [0.1, 0.15) is 47.1 Å². The lowest BCUT2D eigenvalue weighted by molar-refractivity contribution is -0.205. The fourth-order valence-corrected chi connectivity index (χ4v) is 4.01. The van der Waals surface area contributed by atoms with Gasteiger partial charge in [0.2, 0.25) is 0 Å². The van der Waals surface area contributed by atoms with Crippen molar-refractivity contribution < 1.29 is 25.3 Å². The summed E-state index contributed by atoms with van der Waals surface area (Å²) in [5.74, 6) is 0.707. The number of aliphatic hydroxyl groups excluding tert-OH is 3. The van der Waals surface area contributed by atoms with Crippen molar-refractivity contribution in [3.8, 4) is 0 Å². The molecule has 0 aromatic heterocycles. The van der Waals surface area contributed by atoms with Crippen molar-refractivity contribution >= 4 is 17.8 Å². The summed E-state index contributed by atoms with van der Waals surface area (Å²) < 4.78 is 5.69. The van der Waals surface area contributed by atoms with E-state index in [2.05, 4.69) is 29.4 Å². The molecule has 4 N–H and O–H groups in total. The van der Waals surface area contributed by atoms with Crippen molar-refractivity contribution in [3.63, 3.8) is 0 Å². The van der Waals surface area contributed by atoms with Crippen molar-refractivity contribution in [1.29, 1.82) is 0 Å². The summed E-state index contributed by atoms with van der Waals surface area (Å²) in [6, 6.07) is 13.8. The molecule has 5 atom stereocenters. The van der Waals surface area contributed by atoms with Crippen LogP contribution < -0.4 is 0 Å². The van der Waals surface area contributed by atoms with Gasteiger partial charge in [0.15, 0.2) is 0 Å². The zero-order chi connectivity index (χ0) is 20.5. The Labute approximate surface area is 174 Å². The molecule has 1 saturated heterocycles. The average molecular weight is 418 g/mol. The second-order valence-electron chi connectivity index (χ2n) is 7.80. The van der Waals surface area contributed by atoms with Crippen LogP contribution in [-0.4, -0.2) is 51.2 Å². The maximum absolute atomic E-state index is 10.4. The zero-order valence-electron chi connectivity index (χ0n) is 15.7. The van der Waals surface area contributed by atoms with Crippen molar-refractivity contribution in [2.24, 2.45) is 5.16 Å². The van der Waals surface area contributed by atoms with Gasteiger partial charge in [0.1, 0.15) is 30.5 Å². The van der Waals surface area contributed by atoms with E-state index >= 15 is 0 Å². The van der Waals surface area contributed by atoms with E-state index in [1.165, 1.54) is 18.4 Å². The fourth-order valence-electron chi connectivity index (χ4n) is 3.82. The minimum atomic E-state index is -1.44. The van der Waals surface area contributed by atoms with E-state index in [0.717, 1.165) is 17.3 Å². The predicted molar refractivity (Wildman–Crippen MR) is 109 cm³/mol. The molecule has 154 valence electrons. The first-order valence-electron chi connectivity index (χ1n) is 9.72. The lowest BCUT2D eigenvalue weighted by Crippen LogP contribution is -2.54. The van der Waals surface area contributed by atoms with Gasteiger partial charge in [-0.2, -0.15) is 0 Å². The molecule has 1 heterocycles. The highest BCUT2D eigenvalue weighted by Gasteiger charge is 2.43. The molecule has 2 aromatic carbocycles. The monoisotopic (exact) mass is 417 g/mol. The first-order valence-corrected chi connectivity index (χ1v) is 10.1. The van der Waals surface area contributed by atoms with E-state index in [4.69, 9.17) is 21.5 Å². The number of nitrogens with zero attached hydrogens (tertiary/aromatic N) is 1. The van der Waals surface area contributed by atoms with E-state index in [-0.39, 0.29) is 0 Å². The molecule has 2 fully saturated rings. The summed E-state index contributed by atoms with van der Waals surface area (Å²) in [6.45, 7) is 0. The number of rotatable bonds is 5. The predicted octanol–water partition coefficient (Wildman–Crippen LogP) is 2.79. The molecule has 1 aliphatic carbocycles. The Bertz CT molecular complexity index is 883. The molecule has 29 heavy (non-hydrogen) atoms. The average Bonchev–Trinajstić information content (AvgIpc) is 3.56. The molecule has 0 spiro atoms. The highest BCUT2D eigenvalue weighted by Crippen LogP contribution is 2.40. The largest absolute Gasteiger partial charge is 0.411 e. The smallest absolute Gasteiger partial charge is 0.125 e. The number of ether oxygens (including phenoxy) is 1. The van der Waals surface area contributed by atoms with E-state index in [1.54, 1.807) is 12.1 Å². The van der Waals surface area contributed by atoms with Crippen molar-refractivity contribution in [1.82, 2.24) is 0 Å². The molecule has 4 rings (SSSR count). The second kappa shape index (κ2) is 8.42. The maximum Gasteiger partial charge on any atom is 0.125 e. The van der Waals surface area contributed by atoms with Gasteiger partial charge >= 0.3 is 0 Å². The molecule has 7 heteroatoms. The van der Waals surface area contributed by atoms with Crippen LogP contribution in [0.25, 0.3) is 0 Å². The third-order valence-corrected chi connectivity index (χ3v) is 6.05. The fraction of sp³-hybridized carbons (Fsp3) is 0.409. The molecule has 0 amide bonds. The third kappa shape index (κ3) is 4.32. The van der Waals surface area contributed by atoms with Gasteiger partial charge in [0.25, 0.3) is 0 Å². The number of oxime groups is 1. The molecule has 1 aliphatic heterocycles. The summed E-state index contributed by atoms with van der Waals surface area (Å²) in [5.41, 5.74) is 3.98. The van der Waals surface area contributed by atoms with Gasteiger partial charge in [-0.1, -0.05) is 53.2 Å². The van der Waals surface area contributed by atoms with Gasteiger partial charge in [-0.3, -0.25) is 0 Å². The molecule has 0 radical (unpaired) electrons. The van der Waals surface area contributed by atoms with E-state index in [1.807, 2.05) is 6.07 Å². The van der Waals surface area contributed by atoms with Gasteiger partial charge in [-0.05, 0) is 53.5 Å². The Balaban J connectivity index is 1.56. The van der Waals surface area contributed by atoms with Crippen LogP contribution in [0.15, 0.2) is 47.6 Å². The number of hydrogen-bond donors (Lipinski definition) is 4. The first-order chi connectivity index (χ1) is 14.0. The van der Waals surface area contributed by atoms with Crippen molar-refractivity contribution in [2.45, 2.75) is 55.7 Å². The Kier molecular flexibility index (Phi) is 5.90.